The molecular weight excluding hydrogens is 216 g/mol. The summed E-state index contributed by atoms with van der Waals surface area (Å²) >= 11 is 3.25. The fourth-order valence-electron chi connectivity index (χ4n) is 0.681. The van der Waals surface area contributed by atoms with Crippen LogP contribution in [0.25, 0.3) is 0 Å². The van der Waals surface area contributed by atoms with Gasteiger partial charge in [-0.15, -0.1) is 0 Å². The van der Waals surface area contributed by atoms with Crippen LogP contribution in [0.5, 0.6) is 0 Å². The summed E-state index contributed by atoms with van der Waals surface area (Å²) in [6.45, 7) is 9.20. The molecule has 0 heterocycles. The molecule has 0 saturated heterocycles. The minimum Gasteiger partial charge on any atom is -0.312 e. The van der Waals surface area contributed by atoms with E-state index in [0.717, 1.165) is 24.0 Å². The Hall–Kier alpha value is -0.330. The first-order chi connectivity index (χ1) is 5.48. The standard InChI is InChI=1S/C9H15BrN2/c1-8(10)6-12-5-4-9(2,3)7-11/h12H,1,4-6H2,2-3H3. The van der Waals surface area contributed by atoms with E-state index >= 15 is 0 Å². The van der Waals surface area contributed by atoms with Gasteiger partial charge in [0.2, 0.25) is 0 Å². The van der Waals surface area contributed by atoms with Gasteiger partial charge in [-0.2, -0.15) is 5.26 Å². The van der Waals surface area contributed by atoms with Gasteiger partial charge in [-0.1, -0.05) is 22.5 Å². The van der Waals surface area contributed by atoms with Crippen LogP contribution in [0.1, 0.15) is 20.3 Å². The molecule has 0 radical (unpaired) electrons. The van der Waals surface area contributed by atoms with Crippen molar-refractivity contribution in [3.05, 3.63) is 11.1 Å². The van der Waals surface area contributed by atoms with E-state index in [0.29, 0.717) is 0 Å². The van der Waals surface area contributed by atoms with Crippen molar-refractivity contribution in [2.45, 2.75) is 20.3 Å². The second-order valence-electron chi connectivity index (χ2n) is 3.44. The molecule has 0 fully saturated rings. The molecule has 1 N–H and O–H groups in total. The third-order valence-corrected chi connectivity index (χ3v) is 1.83. The van der Waals surface area contributed by atoms with Crippen molar-refractivity contribution in [3.8, 4) is 6.07 Å². The van der Waals surface area contributed by atoms with E-state index in [-0.39, 0.29) is 5.41 Å². The molecule has 0 aromatic heterocycles. The molecule has 0 aromatic rings. The van der Waals surface area contributed by atoms with Crippen molar-refractivity contribution < 1.29 is 0 Å². The van der Waals surface area contributed by atoms with Crippen LogP contribution < -0.4 is 5.32 Å². The lowest BCUT2D eigenvalue weighted by Crippen LogP contribution is -2.22. The number of nitrogens with zero attached hydrogens (tertiary/aromatic N) is 1. The lowest BCUT2D eigenvalue weighted by molar-refractivity contribution is 0.438. The van der Waals surface area contributed by atoms with E-state index in [1.165, 1.54) is 0 Å². The van der Waals surface area contributed by atoms with Gasteiger partial charge in [-0.05, 0) is 26.8 Å². The molecule has 0 atom stereocenters. The molecule has 0 aliphatic rings. The van der Waals surface area contributed by atoms with Gasteiger partial charge in [-0.3, -0.25) is 0 Å². The maximum atomic E-state index is 8.70. The summed E-state index contributed by atoms with van der Waals surface area (Å²) in [6.07, 6.45) is 0.865. The summed E-state index contributed by atoms with van der Waals surface area (Å²) in [7, 11) is 0. The zero-order valence-electron chi connectivity index (χ0n) is 7.65. The van der Waals surface area contributed by atoms with Gasteiger partial charge in [0, 0.05) is 11.0 Å². The molecule has 0 aromatic carbocycles. The molecule has 0 saturated carbocycles. The van der Waals surface area contributed by atoms with Crippen molar-refractivity contribution in [1.82, 2.24) is 5.32 Å². The molecule has 0 aliphatic heterocycles. The molecular formula is C9H15BrN2. The van der Waals surface area contributed by atoms with Crippen LogP contribution in [0.3, 0.4) is 0 Å². The summed E-state index contributed by atoms with van der Waals surface area (Å²) in [5.41, 5.74) is -0.222. The van der Waals surface area contributed by atoms with Crippen LogP contribution in [0.2, 0.25) is 0 Å². The van der Waals surface area contributed by atoms with E-state index in [1.807, 2.05) is 13.8 Å². The van der Waals surface area contributed by atoms with E-state index in [4.69, 9.17) is 5.26 Å². The summed E-state index contributed by atoms with van der Waals surface area (Å²) in [5, 5.41) is 11.9. The average molecular weight is 231 g/mol. The monoisotopic (exact) mass is 230 g/mol. The molecule has 2 nitrogen and oxygen atoms in total. The van der Waals surface area contributed by atoms with Gasteiger partial charge in [0.15, 0.2) is 0 Å². The molecule has 0 unspecified atom stereocenters. The minimum absolute atomic E-state index is 0.222. The largest absolute Gasteiger partial charge is 0.312 e. The topological polar surface area (TPSA) is 35.8 Å². The number of halogens is 1. The Morgan fingerprint density at radius 3 is 2.67 bits per heavy atom. The molecule has 12 heavy (non-hydrogen) atoms. The molecule has 0 bridgehead atoms. The third-order valence-electron chi connectivity index (χ3n) is 1.55. The van der Waals surface area contributed by atoms with E-state index in [1.54, 1.807) is 0 Å². The molecule has 0 amide bonds. The molecule has 0 rings (SSSR count). The van der Waals surface area contributed by atoms with E-state index < -0.39 is 0 Å². The maximum Gasteiger partial charge on any atom is 0.0684 e. The van der Waals surface area contributed by atoms with Crippen LogP contribution in [-0.4, -0.2) is 13.1 Å². The Kier molecular flexibility index (Phi) is 5.19. The number of rotatable bonds is 5. The number of nitriles is 1. The van der Waals surface area contributed by atoms with Crippen molar-refractivity contribution in [1.29, 1.82) is 5.26 Å². The first-order valence-corrected chi connectivity index (χ1v) is 4.72. The second kappa shape index (κ2) is 5.34. The van der Waals surface area contributed by atoms with Crippen LogP contribution in [0.4, 0.5) is 0 Å². The SMILES string of the molecule is C=C(Br)CNCCC(C)(C)C#N. The van der Waals surface area contributed by atoms with Crippen molar-refractivity contribution in [2.75, 3.05) is 13.1 Å². The predicted octanol–water partition coefficient (Wildman–Crippen LogP) is 2.42. The zero-order valence-corrected chi connectivity index (χ0v) is 9.24. The highest BCUT2D eigenvalue weighted by atomic mass is 79.9. The normalized spacial score (nSPS) is 10.8. The summed E-state index contributed by atoms with van der Waals surface area (Å²) in [6, 6.07) is 2.26. The van der Waals surface area contributed by atoms with E-state index in [9.17, 15) is 0 Å². The first kappa shape index (κ1) is 11.7. The van der Waals surface area contributed by atoms with Gasteiger partial charge >= 0.3 is 0 Å². The molecule has 0 spiro atoms. The van der Waals surface area contributed by atoms with Gasteiger partial charge in [0.25, 0.3) is 0 Å². The second-order valence-corrected chi connectivity index (χ2v) is 4.56. The molecule has 68 valence electrons. The number of hydrogen-bond acceptors (Lipinski definition) is 2. The van der Waals surface area contributed by atoms with Gasteiger partial charge in [0.05, 0.1) is 11.5 Å². The number of nitrogens with one attached hydrogen (secondary N) is 1. The van der Waals surface area contributed by atoms with Crippen LogP contribution in [-0.2, 0) is 0 Å². The quantitative estimate of drug-likeness (QED) is 0.737. The average Bonchev–Trinajstić information content (AvgIpc) is 1.98. The Bertz CT molecular complexity index is 191. The molecule has 0 aliphatic carbocycles. The van der Waals surface area contributed by atoms with Gasteiger partial charge in [-0.25, -0.2) is 0 Å². The Labute approximate surface area is 82.8 Å². The van der Waals surface area contributed by atoms with Crippen LogP contribution in [0, 0.1) is 16.7 Å². The highest BCUT2D eigenvalue weighted by Crippen LogP contribution is 2.17. The fourth-order valence-corrected chi connectivity index (χ4v) is 0.879. The van der Waals surface area contributed by atoms with Crippen LogP contribution >= 0.6 is 15.9 Å². The summed E-state index contributed by atoms with van der Waals surface area (Å²) in [5.74, 6) is 0. The number of hydrogen-bond donors (Lipinski definition) is 1. The lowest BCUT2D eigenvalue weighted by atomic mass is 9.92. The maximum absolute atomic E-state index is 8.70. The van der Waals surface area contributed by atoms with Crippen LogP contribution in [0.15, 0.2) is 11.1 Å². The smallest absolute Gasteiger partial charge is 0.0684 e. The Morgan fingerprint density at radius 1 is 1.67 bits per heavy atom. The van der Waals surface area contributed by atoms with Gasteiger partial charge in [0.1, 0.15) is 0 Å². The van der Waals surface area contributed by atoms with Gasteiger partial charge < -0.3 is 5.32 Å². The Balaban J connectivity index is 3.45. The lowest BCUT2D eigenvalue weighted by Gasteiger charge is -2.14. The van der Waals surface area contributed by atoms with Crippen molar-refractivity contribution >= 4 is 15.9 Å². The highest BCUT2D eigenvalue weighted by molar-refractivity contribution is 9.11. The zero-order chi connectivity index (χ0) is 9.61. The first-order valence-electron chi connectivity index (χ1n) is 3.93. The predicted molar refractivity (Wildman–Crippen MR) is 54.9 cm³/mol. The molecule has 3 heteroatoms. The third kappa shape index (κ3) is 6.38. The van der Waals surface area contributed by atoms with Crippen molar-refractivity contribution in [3.63, 3.8) is 0 Å². The van der Waals surface area contributed by atoms with E-state index in [2.05, 4.69) is 33.9 Å². The highest BCUT2D eigenvalue weighted by Gasteiger charge is 2.14. The summed E-state index contributed by atoms with van der Waals surface area (Å²) < 4.78 is 0.942. The Morgan fingerprint density at radius 2 is 2.25 bits per heavy atom. The van der Waals surface area contributed by atoms with Crippen molar-refractivity contribution in [2.24, 2.45) is 5.41 Å². The minimum atomic E-state index is -0.222. The fraction of sp³-hybridized carbons (Fsp3) is 0.667. The summed E-state index contributed by atoms with van der Waals surface area (Å²) in [4.78, 5) is 0.